The average Bonchev–Trinajstić information content (AvgIpc) is 3.34. The summed E-state index contributed by atoms with van der Waals surface area (Å²) >= 11 is 0. The summed E-state index contributed by atoms with van der Waals surface area (Å²) in [5.74, 6) is -0.780. The molecule has 1 aromatic heterocycles. The smallest absolute Gasteiger partial charge is 0.406 e. The van der Waals surface area contributed by atoms with Crippen LogP contribution in [0.3, 0.4) is 0 Å². The van der Waals surface area contributed by atoms with E-state index < -0.39 is 12.3 Å². The highest BCUT2D eigenvalue weighted by Crippen LogP contribution is 2.31. The average molecular weight is 452 g/mol. The molecule has 2 saturated heterocycles. The van der Waals surface area contributed by atoms with Gasteiger partial charge in [0, 0.05) is 44.4 Å². The van der Waals surface area contributed by atoms with Crippen molar-refractivity contribution in [2.75, 3.05) is 25.1 Å². The van der Waals surface area contributed by atoms with E-state index in [1.807, 2.05) is 0 Å². The summed E-state index contributed by atoms with van der Waals surface area (Å²) < 4.78 is 49.1. The van der Waals surface area contributed by atoms with Crippen molar-refractivity contribution in [1.82, 2.24) is 15.1 Å². The number of nitrogens with zero attached hydrogens (tertiary/aromatic N) is 2. The second-order valence-electron chi connectivity index (χ2n) is 7.92. The first-order valence-corrected chi connectivity index (χ1v) is 10.4. The Morgan fingerprint density at radius 1 is 1.28 bits per heavy atom. The lowest BCUT2D eigenvalue weighted by molar-refractivity contribution is -0.274. The molecule has 2 aliphatic heterocycles. The van der Waals surface area contributed by atoms with Crippen LogP contribution in [-0.4, -0.2) is 47.7 Å². The van der Waals surface area contributed by atoms with E-state index in [0.717, 1.165) is 12.8 Å². The van der Waals surface area contributed by atoms with Gasteiger partial charge in [0.25, 0.3) is 0 Å². The number of alkyl halides is 3. The van der Waals surface area contributed by atoms with Crippen LogP contribution in [0.25, 0.3) is 11.3 Å². The third-order valence-electron chi connectivity index (χ3n) is 5.51. The van der Waals surface area contributed by atoms with Gasteiger partial charge in [-0.15, -0.1) is 13.2 Å². The molecule has 0 aliphatic carbocycles. The van der Waals surface area contributed by atoms with Crippen LogP contribution in [0.15, 0.2) is 30.3 Å². The number of rotatable bonds is 6. The van der Waals surface area contributed by atoms with Crippen LogP contribution in [0.4, 0.5) is 19.0 Å². The van der Waals surface area contributed by atoms with Crippen molar-refractivity contribution in [3.05, 3.63) is 30.3 Å². The molecule has 3 heterocycles. The standard InChI is InChI=1S/C21H23F3N4O4/c22-21(23,24)32-16-3-1-2-14(8-16)17-10-18(26-20(30)15-9-19(29)25-11-15)27-28(17)12-13-4-6-31-7-5-13/h1-3,8,10,13,15H,4-7,9,11-12H2,(H,25,29)(H,26,27,30)/t15-/m1/s1. The van der Waals surface area contributed by atoms with Crippen molar-refractivity contribution in [1.29, 1.82) is 0 Å². The SMILES string of the molecule is O=C1C[C@@H](C(=O)Nc2cc(-c3cccc(OC(F)(F)F)c3)n(CC3CCOCC3)n2)CN1. The lowest BCUT2D eigenvalue weighted by Gasteiger charge is -2.22. The maximum Gasteiger partial charge on any atom is 0.573 e. The first kappa shape index (κ1) is 22.1. The van der Waals surface area contributed by atoms with E-state index in [2.05, 4.69) is 20.5 Å². The molecule has 2 fully saturated rings. The van der Waals surface area contributed by atoms with Gasteiger partial charge in [0.1, 0.15) is 5.75 Å². The van der Waals surface area contributed by atoms with Gasteiger partial charge < -0.3 is 20.1 Å². The van der Waals surface area contributed by atoms with E-state index in [4.69, 9.17) is 4.74 Å². The Bertz CT molecular complexity index is 986. The Hall–Kier alpha value is -3.08. The highest BCUT2D eigenvalue weighted by molar-refractivity contribution is 5.96. The van der Waals surface area contributed by atoms with E-state index in [0.29, 0.717) is 31.0 Å². The van der Waals surface area contributed by atoms with E-state index in [1.54, 1.807) is 16.8 Å². The highest BCUT2D eigenvalue weighted by atomic mass is 19.4. The van der Waals surface area contributed by atoms with Gasteiger partial charge in [-0.2, -0.15) is 5.10 Å². The third kappa shape index (κ3) is 5.58. The number of nitrogens with one attached hydrogen (secondary N) is 2. The van der Waals surface area contributed by atoms with Crippen LogP contribution in [-0.2, 0) is 20.9 Å². The normalized spacial score (nSPS) is 19.6. The predicted octanol–water partition coefficient (Wildman–Crippen LogP) is 2.95. The molecule has 1 aromatic carbocycles. The van der Waals surface area contributed by atoms with Crippen LogP contribution in [0.5, 0.6) is 5.75 Å². The summed E-state index contributed by atoms with van der Waals surface area (Å²) in [6.07, 6.45) is -3.01. The summed E-state index contributed by atoms with van der Waals surface area (Å²) in [7, 11) is 0. The van der Waals surface area contributed by atoms with E-state index in [-0.39, 0.29) is 42.3 Å². The molecule has 2 amide bonds. The zero-order chi connectivity index (χ0) is 22.7. The largest absolute Gasteiger partial charge is 0.573 e. The minimum atomic E-state index is -4.80. The number of halogens is 3. The molecule has 1 atom stereocenters. The van der Waals surface area contributed by atoms with Crippen LogP contribution >= 0.6 is 0 Å². The zero-order valence-electron chi connectivity index (χ0n) is 17.2. The number of carbonyl (C=O) groups excluding carboxylic acids is 2. The summed E-state index contributed by atoms with van der Waals surface area (Å²) in [5.41, 5.74) is 1.03. The number of carbonyl (C=O) groups is 2. The number of ether oxygens (including phenoxy) is 2. The molecular weight excluding hydrogens is 429 g/mol. The van der Waals surface area contributed by atoms with Crippen LogP contribution < -0.4 is 15.4 Å². The predicted molar refractivity (Wildman–Crippen MR) is 108 cm³/mol. The van der Waals surface area contributed by atoms with E-state index in [1.165, 1.54) is 18.2 Å². The summed E-state index contributed by atoms with van der Waals surface area (Å²) in [4.78, 5) is 23.9. The van der Waals surface area contributed by atoms with E-state index >= 15 is 0 Å². The Morgan fingerprint density at radius 2 is 2.06 bits per heavy atom. The van der Waals surface area contributed by atoms with Crippen molar-refractivity contribution in [3.63, 3.8) is 0 Å². The lowest BCUT2D eigenvalue weighted by atomic mass is 10.0. The number of benzene rings is 1. The molecule has 4 rings (SSSR count). The van der Waals surface area contributed by atoms with Crippen LogP contribution in [0.2, 0.25) is 0 Å². The molecular formula is C21H23F3N4O4. The summed E-state index contributed by atoms with van der Waals surface area (Å²) in [6.45, 7) is 2.07. The molecule has 8 nitrogen and oxygen atoms in total. The van der Waals surface area contributed by atoms with Gasteiger partial charge in [-0.05, 0) is 30.9 Å². The number of hydrogen-bond acceptors (Lipinski definition) is 5. The van der Waals surface area contributed by atoms with E-state index in [9.17, 15) is 22.8 Å². The molecule has 0 unspecified atom stereocenters. The Kier molecular flexibility index (Phi) is 6.35. The van der Waals surface area contributed by atoms with Gasteiger partial charge in [-0.3, -0.25) is 14.3 Å². The van der Waals surface area contributed by atoms with Gasteiger partial charge in [0.05, 0.1) is 11.6 Å². The lowest BCUT2D eigenvalue weighted by Crippen LogP contribution is -2.25. The molecule has 0 spiro atoms. The van der Waals surface area contributed by atoms with Crippen molar-refractivity contribution in [2.45, 2.75) is 32.2 Å². The monoisotopic (exact) mass is 452 g/mol. The third-order valence-corrected chi connectivity index (χ3v) is 5.51. The maximum atomic E-state index is 12.7. The molecule has 0 radical (unpaired) electrons. The first-order chi connectivity index (χ1) is 15.3. The first-order valence-electron chi connectivity index (χ1n) is 10.4. The molecule has 0 bridgehead atoms. The fraction of sp³-hybridized carbons (Fsp3) is 0.476. The van der Waals surface area contributed by atoms with Crippen molar-refractivity contribution >= 4 is 17.6 Å². The fourth-order valence-electron chi connectivity index (χ4n) is 3.89. The second-order valence-corrected chi connectivity index (χ2v) is 7.92. The quantitative estimate of drug-likeness (QED) is 0.703. The maximum absolute atomic E-state index is 12.7. The van der Waals surface area contributed by atoms with Crippen LogP contribution in [0.1, 0.15) is 19.3 Å². The molecule has 32 heavy (non-hydrogen) atoms. The number of aromatic nitrogens is 2. The minimum Gasteiger partial charge on any atom is -0.406 e. The topological polar surface area (TPSA) is 94.5 Å². The molecule has 2 N–H and O–H groups in total. The Balaban J connectivity index is 1.59. The number of anilines is 1. The van der Waals surface area contributed by atoms with Crippen molar-refractivity contribution < 1.29 is 32.2 Å². The molecule has 0 saturated carbocycles. The Labute approximate surface area is 182 Å². The molecule has 11 heteroatoms. The Morgan fingerprint density at radius 3 is 2.75 bits per heavy atom. The van der Waals surface area contributed by atoms with Gasteiger partial charge >= 0.3 is 6.36 Å². The minimum absolute atomic E-state index is 0.109. The molecule has 2 aliphatic rings. The summed E-state index contributed by atoms with van der Waals surface area (Å²) in [5, 5.41) is 9.83. The summed E-state index contributed by atoms with van der Waals surface area (Å²) in [6, 6.07) is 7.26. The fourth-order valence-corrected chi connectivity index (χ4v) is 3.89. The van der Waals surface area contributed by atoms with Crippen molar-refractivity contribution in [2.24, 2.45) is 11.8 Å². The van der Waals surface area contributed by atoms with Gasteiger partial charge in [0.15, 0.2) is 5.82 Å². The number of amides is 2. The van der Waals surface area contributed by atoms with Gasteiger partial charge in [-0.1, -0.05) is 12.1 Å². The van der Waals surface area contributed by atoms with Gasteiger partial charge in [-0.25, -0.2) is 0 Å². The zero-order valence-corrected chi connectivity index (χ0v) is 17.2. The highest BCUT2D eigenvalue weighted by Gasteiger charge is 2.31. The van der Waals surface area contributed by atoms with Crippen molar-refractivity contribution in [3.8, 4) is 17.0 Å². The van der Waals surface area contributed by atoms with Gasteiger partial charge in [0.2, 0.25) is 11.8 Å². The van der Waals surface area contributed by atoms with Crippen LogP contribution in [0, 0.1) is 11.8 Å². The molecule has 2 aromatic rings. The number of hydrogen-bond donors (Lipinski definition) is 2. The molecule has 172 valence electrons. The second kappa shape index (κ2) is 9.19.